The molecule has 0 saturated carbocycles. The zero-order valence-electron chi connectivity index (χ0n) is 11.0. The Morgan fingerprint density at radius 3 is 2.12 bits per heavy atom. The predicted octanol–water partition coefficient (Wildman–Crippen LogP) is 0.646. The number of amides is 3. The Morgan fingerprint density at radius 1 is 1.31 bits per heavy atom. The van der Waals surface area contributed by atoms with Crippen LogP contribution in [0.15, 0.2) is 0 Å². The second-order valence-electron chi connectivity index (χ2n) is 4.96. The van der Waals surface area contributed by atoms with Gasteiger partial charge in [0.2, 0.25) is 5.91 Å². The van der Waals surface area contributed by atoms with Crippen molar-refractivity contribution in [2.24, 2.45) is 11.7 Å². The van der Waals surface area contributed by atoms with Crippen LogP contribution in [0.25, 0.3) is 0 Å². The number of nitrogens with two attached hydrogens (primary N) is 1. The van der Waals surface area contributed by atoms with Gasteiger partial charge in [0.25, 0.3) is 0 Å². The van der Waals surface area contributed by atoms with Crippen molar-refractivity contribution in [2.45, 2.75) is 20.8 Å². The van der Waals surface area contributed by atoms with E-state index in [4.69, 9.17) is 5.73 Å². The summed E-state index contributed by atoms with van der Waals surface area (Å²) < 4.78 is 0.759. The van der Waals surface area contributed by atoms with Gasteiger partial charge < -0.3 is 10.2 Å². The summed E-state index contributed by atoms with van der Waals surface area (Å²) in [6, 6.07) is -0.658. The first-order chi connectivity index (χ1) is 7.21. The van der Waals surface area contributed by atoms with Gasteiger partial charge in [0, 0.05) is 5.92 Å². The van der Waals surface area contributed by atoms with Crippen LogP contribution in [0.3, 0.4) is 0 Å². The lowest BCUT2D eigenvalue weighted by atomic mass is 10.2. The molecular weight excluding hydrogens is 206 g/mol. The Bertz CT molecular complexity index is 262. The quantitative estimate of drug-likeness (QED) is 0.705. The average molecular weight is 230 g/mol. The number of nitrogens with zero attached hydrogens (tertiary/aromatic N) is 2. The number of rotatable bonds is 5. The minimum Gasteiger partial charge on any atom is -0.351 e. The van der Waals surface area contributed by atoms with Gasteiger partial charge in [-0.25, -0.2) is 4.79 Å². The highest BCUT2D eigenvalue weighted by molar-refractivity contribution is 5.94. The topological polar surface area (TPSA) is 63.4 Å². The van der Waals surface area contributed by atoms with Crippen molar-refractivity contribution in [3.8, 4) is 0 Å². The normalized spacial score (nSPS) is 11.6. The molecule has 0 rings (SSSR count). The van der Waals surface area contributed by atoms with Gasteiger partial charge >= 0.3 is 6.03 Å². The van der Waals surface area contributed by atoms with Crippen LogP contribution in [-0.2, 0) is 4.79 Å². The summed E-state index contributed by atoms with van der Waals surface area (Å²) in [4.78, 5) is 24.0. The zero-order valence-corrected chi connectivity index (χ0v) is 11.0. The molecule has 0 bridgehead atoms. The van der Waals surface area contributed by atoms with Gasteiger partial charge in [-0.2, -0.15) is 0 Å². The van der Waals surface area contributed by atoms with Crippen LogP contribution in [0.2, 0.25) is 0 Å². The summed E-state index contributed by atoms with van der Waals surface area (Å²) in [6.45, 7) is 7.64. The number of hydrogen-bond acceptors (Lipinski definition) is 2. The second-order valence-corrected chi connectivity index (χ2v) is 4.96. The molecule has 5 heteroatoms. The molecule has 0 radical (unpaired) electrons. The van der Waals surface area contributed by atoms with Crippen molar-refractivity contribution in [2.75, 3.05) is 33.7 Å². The minimum absolute atomic E-state index is 0.204. The highest BCUT2D eigenvalue weighted by Gasteiger charge is 2.24. The monoisotopic (exact) mass is 230 g/mol. The van der Waals surface area contributed by atoms with Crippen LogP contribution in [0, 0.1) is 5.92 Å². The Morgan fingerprint density at radius 2 is 1.81 bits per heavy atom. The summed E-state index contributed by atoms with van der Waals surface area (Å²) in [6.07, 6.45) is 0. The first-order valence-corrected chi connectivity index (χ1v) is 5.64. The fourth-order valence-electron chi connectivity index (χ4n) is 1.17. The Kier molecular flexibility index (Phi) is 5.44. The molecular formula is C11H24N3O2+. The van der Waals surface area contributed by atoms with Crippen molar-refractivity contribution in [3.05, 3.63) is 0 Å². The molecule has 0 aromatic heterocycles. The van der Waals surface area contributed by atoms with Gasteiger partial charge in [0.15, 0.2) is 0 Å². The molecule has 0 heterocycles. The van der Waals surface area contributed by atoms with Gasteiger partial charge in [0.05, 0.1) is 33.7 Å². The number of quaternary nitrogens is 1. The summed E-state index contributed by atoms with van der Waals surface area (Å²) in [5, 5.41) is 0. The third kappa shape index (κ3) is 4.61. The van der Waals surface area contributed by atoms with Gasteiger partial charge in [0.1, 0.15) is 0 Å². The maximum Gasteiger partial charge on any atom is 0.321 e. The third-order valence-electron chi connectivity index (χ3n) is 2.81. The van der Waals surface area contributed by atoms with Crippen molar-refractivity contribution in [3.63, 3.8) is 0 Å². The van der Waals surface area contributed by atoms with E-state index in [-0.39, 0.29) is 11.8 Å². The van der Waals surface area contributed by atoms with Crippen LogP contribution < -0.4 is 5.73 Å². The van der Waals surface area contributed by atoms with Crippen LogP contribution in [0.4, 0.5) is 4.79 Å². The number of carbonyl (C=O) groups is 2. The molecule has 0 saturated heterocycles. The summed E-state index contributed by atoms with van der Waals surface area (Å²) in [5.74, 6) is -0.409. The number of carbonyl (C=O) groups excluding carboxylic acids is 2. The van der Waals surface area contributed by atoms with E-state index >= 15 is 0 Å². The number of primary amides is 1. The molecule has 0 unspecified atom stereocenters. The molecule has 16 heavy (non-hydrogen) atoms. The van der Waals surface area contributed by atoms with Gasteiger partial charge in [-0.15, -0.1) is 0 Å². The highest BCUT2D eigenvalue weighted by Crippen LogP contribution is 2.03. The predicted molar refractivity (Wildman–Crippen MR) is 63.7 cm³/mol. The third-order valence-corrected chi connectivity index (χ3v) is 2.81. The van der Waals surface area contributed by atoms with Crippen molar-refractivity contribution in [1.29, 1.82) is 0 Å². The molecule has 0 atom stereocenters. The standard InChI is InChI=1S/C11H23N3O2/c1-6-14(4,5)8-7-13(11(12)16)10(15)9(2)3/h9H,6-8H2,1-5H3,(H-,12,16)/p+1. The van der Waals surface area contributed by atoms with E-state index in [1.54, 1.807) is 13.8 Å². The summed E-state index contributed by atoms with van der Waals surface area (Å²) in [5.41, 5.74) is 5.21. The molecule has 0 aliphatic carbocycles. The van der Waals surface area contributed by atoms with Gasteiger partial charge in [-0.3, -0.25) is 9.69 Å². The lowest BCUT2D eigenvalue weighted by Crippen LogP contribution is -2.50. The number of imide groups is 1. The van der Waals surface area contributed by atoms with E-state index in [2.05, 4.69) is 21.0 Å². The Balaban J connectivity index is 4.48. The Hall–Kier alpha value is -1.10. The molecule has 0 aromatic rings. The number of hydrogen-bond donors (Lipinski definition) is 1. The highest BCUT2D eigenvalue weighted by atomic mass is 16.2. The maximum absolute atomic E-state index is 11.7. The molecule has 0 fully saturated rings. The summed E-state index contributed by atoms with van der Waals surface area (Å²) in [7, 11) is 4.11. The van der Waals surface area contributed by atoms with Crippen LogP contribution in [0.1, 0.15) is 20.8 Å². The van der Waals surface area contributed by atoms with E-state index in [0.717, 1.165) is 22.5 Å². The van der Waals surface area contributed by atoms with Crippen LogP contribution in [0.5, 0.6) is 0 Å². The largest absolute Gasteiger partial charge is 0.351 e. The number of urea groups is 1. The molecule has 0 aliphatic heterocycles. The molecule has 0 spiro atoms. The fourth-order valence-corrected chi connectivity index (χ4v) is 1.17. The van der Waals surface area contributed by atoms with E-state index in [9.17, 15) is 9.59 Å². The van der Waals surface area contributed by atoms with E-state index in [1.165, 1.54) is 0 Å². The first kappa shape index (κ1) is 14.9. The van der Waals surface area contributed by atoms with Crippen LogP contribution >= 0.6 is 0 Å². The maximum atomic E-state index is 11.7. The SMILES string of the molecule is CC[N+](C)(C)CCN(C(N)=O)C(=O)C(C)C. The lowest BCUT2D eigenvalue weighted by molar-refractivity contribution is -0.887. The Labute approximate surface area is 97.8 Å². The lowest BCUT2D eigenvalue weighted by Gasteiger charge is -2.30. The zero-order chi connectivity index (χ0) is 12.9. The fraction of sp³-hybridized carbons (Fsp3) is 0.818. The molecule has 0 aliphatic rings. The molecule has 0 aromatic carbocycles. The average Bonchev–Trinajstić information content (AvgIpc) is 2.17. The van der Waals surface area contributed by atoms with Gasteiger partial charge in [-0.05, 0) is 6.92 Å². The van der Waals surface area contributed by atoms with E-state index in [0.29, 0.717) is 6.54 Å². The van der Waals surface area contributed by atoms with Crippen molar-refractivity contribution < 1.29 is 14.1 Å². The molecule has 5 nitrogen and oxygen atoms in total. The minimum atomic E-state index is -0.658. The van der Waals surface area contributed by atoms with Crippen molar-refractivity contribution >= 4 is 11.9 Å². The first-order valence-electron chi connectivity index (χ1n) is 5.64. The van der Waals surface area contributed by atoms with E-state index in [1.807, 2.05) is 0 Å². The van der Waals surface area contributed by atoms with Crippen molar-refractivity contribution in [1.82, 2.24) is 4.90 Å². The molecule has 94 valence electrons. The second kappa shape index (κ2) is 5.84. The van der Waals surface area contributed by atoms with Crippen LogP contribution in [-0.4, -0.2) is 55.1 Å². The summed E-state index contributed by atoms with van der Waals surface area (Å²) >= 11 is 0. The molecule has 3 amide bonds. The number of likely N-dealkylation sites (N-methyl/N-ethyl adjacent to an activating group) is 1. The van der Waals surface area contributed by atoms with E-state index < -0.39 is 6.03 Å². The smallest absolute Gasteiger partial charge is 0.321 e. The van der Waals surface area contributed by atoms with Gasteiger partial charge in [-0.1, -0.05) is 13.8 Å². The molecule has 2 N–H and O–H groups in total.